The Kier molecular flexibility index (Phi) is 4.33. The van der Waals surface area contributed by atoms with E-state index >= 15 is 0 Å². The Bertz CT molecular complexity index is 1220. The molecule has 0 bridgehead atoms. The summed E-state index contributed by atoms with van der Waals surface area (Å²) >= 11 is 0. The Labute approximate surface area is 179 Å². The third-order valence-electron chi connectivity index (χ3n) is 6.04. The number of aliphatic hydroxyl groups is 1. The number of likely N-dealkylation sites (tertiary alicyclic amines) is 1. The molecule has 0 radical (unpaired) electrons. The lowest BCUT2D eigenvalue weighted by atomic mass is 9.98. The lowest BCUT2D eigenvalue weighted by Crippen LogP contribution is -2.35. The average molecular weight is 417 g/mol. The van der Waals surface area contributed by atoms with E-state index in [1.54, 1.807) is 19.3 Å². The van der Waals surface area contributed by atoms with Gasteiger partial charge in [0.05, 0.1) is 12.2 Å². The Hall–Kier alpha value is -3.65. The largest absolute Gasteiger partial charge is 0.398 e. The highest BCUT2D eigenvalue weighted by atomic mass is 16.5. The van der Waals surface area contributed by atoms with Crippen molar-refractivity contribution in [1.29, 1.82) is 0 Å². The van der Waals surface area contributed by atoms with Crippen LogP contribution in [0.2, 0.25) is 0 Å². The number of pyridine rings is 1. The van der Waals surface area contributed by atoms with Crippen LogP contribution in [0.15, 0.2) is 53.3 Å². The van der Waals surface area contributed by atoms with Gasteiger partial charge in [-0.15, -0.1) is 0 Å². The molecule has 2 aliphatic rings. The molecule has 5 rings (SSSR count). The third-order valence-corrected chi connectivity index (χ3v) is 6.04. The summed E-state index contributed by atoms with van der Waals surface area (Å²) < 4.78 is 5.39. The van der Waals surface area contributed by atoms with Crippen LogP contribution in [0.3, 0.4) is 0 Å². The number of carbonyl (C=O) groups excluding carboxylic acids is 1. The minimum absolute atomic E-state index is 0.170. The lowest BCUT2D eigenvalue weighted by molar-refractivity contribution is -0.144. The molecule has 2 aliphatic heterocycles. The van der Waals surface area contributed by atoms with Crippen molar-refractivity contribution in [2.45, 2.75) is 25.5 Å². The van der Waals surface area contributed by atoms with Crippen LogP contribution < -0.4 is 10.6 Å². The molecular weight excluding hydrogens is 394 g/mol. The van der Waals surface area contributed by atoms with Gasteiger partial charge in [-0.05, 0) is 30.7 Å². The van der Waals surface area contributed by atoms with Gasteiger partial charge in [-0.25, -0.2) is 0 Å². The normalized spacial score (nSPS) is 20.7. The van der Waals surface area contributed by atoms with Crippen molar-refractivity contribution in [3.8, 4) is 11.3 Å². The average Bonchev–Trinajstić information content (AvgIpc) is 3.37. The summed E-state index contributed by atoms with van der Waals surface area (Å²) in [6.45, 7) is 3.10. The van der Waals surface area contributed by atoms with E-state index in [0.29, 0.717) is 18.8 Å². The van der Waals surface area contributed by atoms with Gasteiger partial charge in [-0.2, -0.15) is 0 Å². The third kappa shape index (κ3) is 3.07. The summed E-state index contributed by atoms with van der Waals surface area (Å²) in [6, 6.07) is 11.3. The second kappa shape index (κ2) is 6.95. The van der Waals surface area contributed by atoms with Gasteiger partial charge in [-0.3, -0.25) is 9.78 Å². The van der Waals surface area contributed by atoms with E-state index in [9.17, 15) is 9.90 Å². The molecule has 0 saturated carbocycles. The van der Waals surface area contributed by atoms with E-state index in [2.05, 4.69) is 21.2 Å². The summed E-state index contributed by atoms with van der Waals surface area (Å²) in [5.41, 5.74) is 10.6. The first-order chi connectivity index (χ1) is 14.9. The van der Waals surface area contributed by atoms with Crippen LogP contribution in [0.5, 0.6) is 0 Å². The lowest BCUT2D eigenvalue weighted by Gasteiger charge is -2.28. The molecule has 1 aromatic carbocycles. The van der Waals surface area contributed by atoms with Crippen molar-refractivity contribution in [2.75, 3.05) is 24.2 Å². The summed E-state index contributed by atoms with van der Waals surface area (Å²) in [6.07, 6.45) is 4.06. The number of carbonyl (C=O) groups is 1. The monoisotopic (exact) mass is 417 g/mol. The van der Waals surface area contributed by atoms with E-state index in [1.165, 1.54) is 4.90 Å². The summed E-state index contributed by atoms with van der Waals surface area (Å²) in [5, 5.41) is 14.9. The fraction of sp³-hybridized carbons (Fsp3) is 0.261. The topological polar surface area (TPSA) is 109 Å². The van der Waals surface area contributed by atoms with Crippen LogP contribution in [0.4, 0.5) is 11.4 Å². The van der Waals surface area contributed by atoms with Gasteiger partial charge in [-0.1, -0.05) is 17.3 Å². The molecule has 8 heteroatoms. The molecule has 1 atom stereocenters. The van der Waals surface area contributed by atoms with Crippen LogP contribution in [0.1, 0.15) is 30.4 Å². The zero-order valence-electron chi connectivity index (χ0n) is 17.4. The molecular formula is C23H23N5O3. The number of fused-ring (bicyclic) bond motifs is 1. The fourth-order valence-electron chi connectivity index (χ4n) is 4.22. The first-order valence-electron chi connectivity index (χ1n) is 10.1. The molecule has 158 valence electrons. The molecule has 4 heterocycles. The molecule has 0 aliphatic carbocycles. The number of benzene rings is 1. The Morgan fingerprint density at radius 2 is 2.10 bits per heavy atom. The van der Waals surface area contributed by atoms with E-state index < -0.39 is 5.60 Å². The quantitative estimate of drug-likeness (QED) is 0.674. The van der Waals surface area contributed by atoms with Crippen LogP contribution >= 0.6 is 0 Å². The summed E-state index contributed by atoms with van der Waals surface area (Å²) in [7, 11) is 1.66. The highest BCUT2D eigenvalue weighted by Gasteiger charge is 2.48. The summed E-state index contributed by atoms with van der Waals surface area (Å²) in [5.74, 6) is -0.202. The van der Waals surface area contributed by atoms with Gasteiger partial charge in [0.2, 0.25) is 5.60 Å². The fourth-order valence-corrected chi connectivity index (χ4v) is 4.22. The maximum atomic E-state index is 12.4. The Morgan fingerprint density at radius 3 is 2.87 bits per heavy atom. The zero-order chi connectivity index (χ0) is 21.8. The van der Waals surface area contributed by atoms with Crippen molar-refractivity contribution >= 4 is 22.9 Å². The maximum absolute atomic E-state index is 12.4. The molecule has 1 saturated heterocycles. The van der Waals surface area contributed by atoms with Crippen molar-refractivity contribution in [1.82, 2.24) is 15.0 Å². The predicted octanol–water partition coefficient (Wildman–Crippen LogP) is 2.75. The highest BCUT2D eigenvalue weighted by Crippen LogP contribution is 2.36. The van der Waals surface area contributed by atoms with Gasteiger partial charge in [0.1, 0.15) is 5.69 Å². The van der Waals surface area contributed by atoms with Gasteiger partial charge < -0.3 is 25.2 Å². The predicted molar refractivity (Wildman–Crippen MR) is 117 cm³/mol. The van der Waals surface area contributed by atoms with E-state index in [0.717, 1.165) is 33.8 Å². The molecule has 2 aromatic heterocycles. The van der Waals surface area contributed by atoms with Crippen molar-refractivity contribution in [2.24, 2.45) is 0 Å². The number of nitrogens with two attached hydrogens (primary N) is 1. The molecule has 0 unspecified atom stereocenters. The number of anilines is 2. The minimum atomic E-state index is -1.65. The Morgan fingerprint density at radius 1 is 1.26 bits per heavy atom. The summed E-state index contributed by atoms with van der Waals surface area (Å²) in [4.78, 5) is 20.4. The van der Waals surface area contributed by atoms with Crippen molar-refractivity contribution < 1.29 is 14.4 Å². The van der Waals surface area contributed by atoms with Gasteiger partial charge >= 0.3 is 0 Å². The number of amides is 1. The maximum Gasteiger partial charge on any atom is 0.262 e. The van der Waals surface area contributed by atoms with Crippen molar-refractivity contribution in [3.05, 3.63) is 65.8 Å². The van der Waals surface area contributed by atoms with Crippen LogP contribution in [-0.4, -0.2) is 39.6 Å². The second-order valence-corrected chi connectivity index (χ2v) is 8.13. The number of nitrogens with zero attached hydrogens (tertiary/aromatic N) is 4. The molecule has 31 heavy (non-hydrogen) atoms. The van der Waals surface area contributed by atoms with E-state index in [-0.39, 0.29) is 18.1 Å². The SMILES string of the molecule is CC1=CN(c2cccc(-c3cc([C@]4(O)CCN(C)C4=O)on3)c2)Cc2c(N)ccnc21. The molecule has 1 fully saturated rings. The first kappa shape index (κ1) is 19.3. The van der Waals surface area contributed by atoms with Crippen LogP contribution in [0.25, 0.3) is 16.8 Å². The number of aromatic nitrogens is 2. The Balaban J connectivity index is 1.46. The number of allylic oxidation sites excluding steroid dienone is 1. The molecule has 8 nitrogen and oxygen atoms in total. The first-order valence-corrected chi connectivity index (χ1v) is 10.1. The standard InChI is InChI=1S/C23H23N5O3/c1-14-12-28(13-17-18(24)6-8-25-21(14)17)16-5-3-4-15(10-16)19-11-20(31-26-19)23(30)7-9-27(2)22(23)29/h3-6,8,10-12,30H,7,9,13H2,1-2H3,(H2,24,25)/t23-/m1/s1. The van der Waals surface area contributed by atoms with Gasteiger partial charge in [0, 0.05) is 61.0 Å². The molecule has 3 aromatic rings. The number of likely N-dealkylation sites (N-methyl/N-ethyl adjacent to an activating group) is 1. The number of hydrogen-bond acceptors (Lipinski definition) is 7. The van der Waals surface area contributed by atoms with Crippen molar-refractivity contribution in [3.63, 3.8) is 0 Å². The molecule has 3 N–H and O–H groups in total. The smallest absolute Gasteiger partial charge is 0.262 e. The number of hydrogen-bond donors (Lipinski definition) is 2. The number of nitrogen functional groups attached to an aromatic ring is 1. The zero-order valence-corrected chi connectivity index (χ0v) is 17.4. The van der Waals surface area contributed by atoms with E-state index in [4.69, 9.17) is 10.3 Å². The second-order valence-electron chi connectivity index (χ2n) is 8.13. The van der Waals surface area contributed by atoms with Gasteiger partial charge in [0.15, 0.2) is 5.76 Å². The minimum Gasteiger partial charge on any atom is -0.398 e. The molecule has 1 amide bonds. The van der Waals surface area contributed by atoms with E-state index in [1.807, 2.05) is 37.3 Å². The van der Waals surface area contributed by atoms with Crippen LogP contribution in [0, 0.1) is 0 Å². The number of rotatable bonds is 3. The van der Waals surface area contributed by atoms with Crippen LogP contribution in [-0.2, 0) is 16.9 Å². The highest BCUT2D eigenvalue weighted by molar-refractivity contribution is 5.88. The van der Waals surface area contributed by atoms with Gasteiger partial charge in [0.25, 0.3) is 5.91 Å². The molecule has 0 spiro atoms.